The second kappa shape index (κ2) is 9.30. The van der Waals surface area contributed by atoms with Gasteiger partial charge < -0.3 is 5.32 Å². The van der Waals surface area contributed by atoms with Crippen molar-refractivity contribution in [3.05, 3.63) is 34.9 Å². The fourth-order valence-electron chi connectivity index (χ4n) is 2.94. The molecule has 0 aromatic heterocycles. The molecule has 1 fully saturated rings. The Balaban J connectivity index is 0.00000288. The standard InChI is InChI=1S/C15H18F6N2.2ClH/c1-2-13(23-7-5-22-6-8-23)11-9-10(14(16,17)18)3-4-12(11)15(19,20)21;;/h3-4,9,13,22H,2,5-8H2,1H3;2*1H/t13-;;/m0../s1. The maximum atomic E-state index is 13.2. The molecule has 0 aliphatic carbocycles. The summed E-state index contributed by atoms with van der Waals surface area (Å²) in [6.45, 7) is 3.92. The van der Waals surface area contributed by atoms with Gasteiger partial charge in [0.2, 0.25) is 0 Å². The summed E-state index contributed by atoms with van der Waals surface area (Å²) in [6.07, 6.45) is -9.04. The second-order valence-electron chi connectivity index (χ2n) is 5.51. The fraction of sp³-hybridized carbons (Fsp3) is 0.600. The quantitative estimate of drug-likeness (QED) is 0.708. The van der Waals surface area contributed by atoms with Crippen LogP contribution < -0.4 is 5.32 Å². The van der Waals surface area contributed by atoms with Crippen LogP contribution in [0.25, 0.3) is 0 Å². The molecule has 1 aromatic carbocycles. The maximum absolute atomic E-state index is 13.2. The van der Waals surface area contributed by atoms with Gasteiger partial charge in [0.25, 0.3) is 0 Å². The number of hydrogen-bond acceptors (Lipinski definition) is 2. The zero-order valence-corrected chi connectivity index (χ0v) is 15.0. The van der Waals surface area contributed by atoms with Crippen LogP contribution in [0.1, 0.15) is 36.1 Å². The third-order valence-corrected chi connectivity index (χ3v) is 4.02. The number of rotatable bonds is 3. The molecule has 0 spiro atoms. The van der Waals surface area contributed by atoms with Gasteiger partial charge in [-0.15, -0.1) is 24.8 Å². The van der Waals surface area contributed by atoms with Crippen molar-refractivity contribution >= 4 is 24.8 Å². The van der Waals surface area contributed by atoms with Gasteiger partial charge in [-0.25, -0.2) is 0 Å². The summed E-state index contributed by atoms with van der Waals surface area (Å²) in [7, 11) is 0. The van der Waals surface area contributed by atoms with Crippen LogP contribution in [-0.2, 0) is 12.4 Å². The molecule has 2 rings (SSSR count). The molecular weight excluding hydrogens is 393 g/mol. The van der Waals surface area contributed by atoms with Crippen LogP contribution in [0.5, 0.6) is 0 Å². The second-order valence-corrected chi connectivity index (χ2v) is 5.51. The van der Waals surface area contributed by atoms with Gasteiger partial charge in [-0.3, -0.25) is 4.90 Å². The van der Waals surface area contributed by atoms with Gasteiger partial charge in [0.05, 0.1) is 11.1 Å². The molecular formula is C15H20Cl2F6N2. The Kier molecular flexibility index (Phi) is 9.04. The largest absolute Gasteiger partial charge is 0.416 e. The zero-order chi connectivity index (χ0) is 17.3. The number of piperazine rings is 1. The lowest BCUT2D eigenvalue weighted by atomic mass is 9.94. The number of halogens is 8. The molecule has 1 aliphatic heterocycles. The van der Waals surface area contributed by atoms with Crippen molar-refractivity contribution in [3.63, 3.8) is 0 Å². The molecule has 1 saturated heterocycles. The van der Waals surface area contributed by atoms with E-state index in [1.54, 1.807) is 11.8 Å². The van der Waals surface area contributed by atoms with Crippen LogP contribution in [0.2, 0.25) is 0 Å². The van der Waals surface area contributed by atoms with Crippen molar-refractivity contribution < 1.29 is 26.3 Å². The van der Waals surface area contributed by atoms with Gasteiger partial charge >= 0.3 is 12.4 Å². The van der Waals surface area contributed by atoms with Crippen LogP contribution in [0.4, 0.5) is 26.3 Å². The van der Waals surface area contributed by atoms with Gasteiger partial charge in [-0.2, -0.15) is 26.3 Å². The lowest BCUT2D eigenvalue weighted by Crippen LogP contribution is -2.45. The normalized spacial score (nSPS) is 17.4. The van der Waals surface area contributed by atoms with E-state index < -0.39 is 29.5 Å². The molecule has 0 saturated carbocycles. The molecule has 0 amide bonds. The first-order valence-corrected chi connectivity index (χ1v) is 7.37. The van der Waals surface area contributed by atoms with Crippen molar-refractivity contribution in [1.29, 1.82) is 0 Å². The Morgan fingerprint density at radius 1 is 1.00 bits per heavy atom. The van der Waals surface area contributed by atoms with Crippen LogP contribution in [0, 0.1) is 0 Å². The molecule has 0 bridgehead atoms. The minimum atomic E-state index is -4.68. The Labute approximate surface area is 154 Å². The van der Waals surface area contributed by atoms with E-state index in [4.69, 9.17) is 0 Å². The van der Waals surface area contributed by atoms with E-state index in [1.807, 2.05) is 0 Å². The SMILES string of the molecule is CC[C@@H](c1cc(C(F)(F)F)ccc1C(F)(F)F)N1CCNCC1.Cl.Cl. The van der Waals surface area contributed by atoms with E-state index in [1.165, 1.54) is 0 Å². The highest BCUT2D eigenvalue weighted by molar-refractivity contribution is 5.85. The lowest BCUT2D eigenvalue weighted by Gasteiger charge is -2.36. The summed E-state index contributed by atoms with van der Waals surface area (Å²) >= 11 is 0. The lowest BCUT2D eigenvalue weighted by molar-refractivity contribution is -0.142. The smallest absolute Gasteiger partial charge is 0.314 e. The number of nitrogens with one attached hydrogen (secondary N) is 1. The molecule has 1 aromatic rings. The highest BCUT2D eigenvalue weighted by Crippen LogP contribution is 2.40. The predicted octanol–water partition coefficient (Wildman–Crippen LogP) is 4.92. The fourth-order valence-corrected chi connectivity index (χ4v) is 2.94. The highest BCUT2D eigenvalue weighted by Gasteiger charge is 2.39. The van der Waals surface area contributed by atoms with E-state index >= 15 is 0 Å². The van der Waals surface area contributed by atoms with E-state index in [2.05, 4.69) is 5.32 Å². The third kappa shape index (κ3) is 5.91. The molecule has 1 aliphatic rings. The molecule has 1 atom stereocenters. The van der Waals surface area contributed by atoms with Crippen molar-refractivity contribution in [1.82, 2.24) is 10.2 Å². The van der Waals surface area contributed by atoms with Crippen molar-refractivity contribution in [2.24, 2.45) is 0 Å². The number of alkyl halides is 6. The third-order valence-electron chi connectivity index (χ3n) is 4.02. The summed E-state index contributed by atoms with van der Waals surface area (Å²) in [5.41, 5.74) is -2.33. The molecule has 25 heavy (non-hydrogen) atoms. The number of benzene rings is 1. The summed E-state index contributed by atoms with van der Waals surface area (Å²) in [5.74, 6) is 0. The number of nitrogens with zero attached hydrogens (tertiary/aromatic N) is 1. The first-order valence-electron chi connectivity index (χ1n) is 7.37. The first-order chi connectivity index (χ1) is 10.6. The average molecular weight is 413 g/mol. The van der Waals surface area contributed by atoms with Gasteiger partial charge in [-0.1, -0.05) is 6.92 Å². The van der Waals surface area contributed by atoms with Crippen LogP contribution in [-0.4, -0.2) is 31.1 Å². The van der Waals surface area contributed by atoms with Crippen molar-refractivity contribution in [2.75, 3.05) is 26.2 Å². The van der Waals surface area contributed by atoms with E-state index in [0.29, 0.717) is 50.8 Å². The molecule has 146 valence electrons. The highest BCUT2D eigenvalue weighted by atomic mass is 35.5. The minimum absolute atomic E-state index is 0. The zero-order valence-electron chi connectivity index (χ0n) is 13.4. The minimum Gasteiger partial charge on any atom is -0.314 e. The Morgan fingerprint density at radius 2 is 1.56 bits per heavy atom. The Morgan fingerprint density at radius 3 is 2.00 bits per heavy atom. The maximum Gasteiger partial charge on any atom is 0.416 e. The van der Waals surface area contributed by atoms with Gasteiger partial charge in [0.15, 0.2) is 0 Å². The summed E-state index contributed by atoms with van der Waals surface area (Å²) in [6, 6.07) is 1.01. The van der Waals surface area contributed by atoms with Crippen LogP contribution in [0.15, 0.2) is 18.2 Å². The first kappa shape index (κ1) is 24.3. The molecule has 2 nitrogen and oxygen atoms in total. The number of hydrogen-bond donors (Lipinski definition) is 1. The summed E-state index contributed by atoms with van der Waals surface area (Å²) in [5, 5.41) is 3.08. The van der Waals surface area contributed by atoms with E-state index in [0.717, 1.165) is 0 Å². The molecule has 1 heterocycles. The van der Waals surface area contributed by atoms with Crippen molar-refractivity contribution in [3.8, 4) is 0 Å². The molecule has 1 N–H and O–H groups in total. The summed E-state index contributed by atoms with van der Waals surface area (Å²) in [4.78, 5) is 1.81. The van der Waals surface area contributed by atoms with E-state index in [9.17, 15) is 26.3 Å². The molecule has 0 unspecified atom stereocenters. The van der Waals surface area contributed by atoms with Gasteiger partial charge in [-0.05, 0) is 30.2 Å². The monoisotopic (exact) mass is 412 g/mol. The van der Waals surface area contributed by atoms with Crippen molar-refractivity contribution in [2.45, 2.75) is 31.7 Å². The van der Waals surface area contributed by atoms with E-state index in [-0.39, 0.29) is 30.4 Å². The molecule has 10 heteroatoms. The van der Waals surface area contributed by atoms with Crippen LogP contribution >= 0.6 is 24.8 Å². The Hall–Kier alpha value is -0.700. The Bertz CT molecular complexity index is 542. The van der Waals surface area contributed by atoms with Gasteiger partial charge in [0, 0.05) is 32.2 Å². The molecule has 0 radical (unpaired) electrons. The summed E-state index contributed by atoms with van der Waals surface area (Å²) < 4.78 is 78.4. The van der Waals surface area contributed by atoms with Crippen LogP contribution in [0.3, 0.4) is 0 Å². The predicted molar refractivity (Wildman–Crippen MR) is 88.4 cm³/mol. The van der Waals surface area contributed by atoms with Gasteiger partial charge in [0.1, 0.15) is 0 Å². The topological polar surface area (TPSA) is 15.3 Å². The average Bonchev–Trinajstić information content (AvgIpc) is 2.47.